The van der Waals surface area contributed by atoms with E-state index in [0.717, 1.165) is 14.5 Å². The summed E-state index contributed by atoms with van der Waals surface area (Å²) in [5.74, 6) is -0.324. The number of nitrogens with zero attached hydrogens (tertiary/aromatic N) is 3. The lowest BCUT2D eigenvalue weighted by atomic mass is 10.2. The molecule has 0 saturated heterocycles. The Morgan fingerprint density at radius 3 is 2.90 bits per heavy atom. The molecule has 0 aliphatic rings. The van der Waals surface area contributed by atoms with Gasteiger partial charge >= 0.3 is 0 Å². The molecular weight excluding hydrogens is 381 g/mol. The van der Waals surface area contributed by atoms with Crippen LogP contribution < -0.4 is 5.32 Å². The molecule has 0 aliphatic heterocycles. The fourth-order valence-corrected chi connectivity index (χ4v) is 2.37. The average molecular weight is 389 g/mol. The fraction of sp³-hybridized carbons (Fsp3) is 0. The number of pyridine rings is 1. The van der Waals surface area contributed by atoms with Gasteiger partial charge in [0.05, 0.1) is 17.4 Å². The Labute approximate surface area is 133 Å². The smallest absolute Gasteiger partial charge is 0.276 e. The number of fused-ring (bicyclic) bond motifs is 1. The Bertz CT molecular complexity index is 863. The number of benzene rings is 1. The first-order chi connectivity index (χ1) is 10.2. The van der Waals surface area contributed by atoms with Gasteiger partial charge in [0.1, 0.15) is 11.8 Å². The number of aromatic nitrogens is 3. The molecule has 3 rings (SSSR count). The summed E-state index contributed by atoms with van der Waals surface area (Å²) in [7, 11) is 0. The second kappa shape index (κ2) is 5.49. The minimum atomic E-state index is -0.324. The lowest BCUT2D eigenvalue weighted by Crippen LogP contribution is -2.13. The van der Waals surface area contributed by atoms with E-state index in [-0.39, 0.29) is 5.91 Å². The van der Waals surface area contributed by atoms with E-state index in [1.807, 2.05) is 24.3 Å². The first-order valence-electron chi connectivity index (χ1n) is 5.98. The Hall–Kier alpha value is -2.47. The average Bonchev–Trinajstić information content (AvgIpc) is 2.91. The van der Waals surface area contributed by atoms with Gasteiger partial charge in [-0.2, -0.15) is 10.4 Å². The molecule has 0 unspecified atom stereocenters. The van der Waals surface area contributed by atoms with E-state index >= 15 is 0 Å². The lowest BCUT2D eigenvalue weighted by molar-refractivity contribution is 0.102. The molecule has 3 aromatic rings. The first kappa shape index (κ1) is 13.5. The van der Waals surface area contributed by atoms with Crippen LogP contribution in [0, 0.1) is 14.9 Å². The number of rotatable bonds is 2. The van der Waals surface area contributed by atoms with Crippen LogP contribution in [0.25, 0.3) is 10.9 Å². The topological polar surface area (TPSA) is 94.5 Å². The summed E-state index contributed by atoms with van der Waals surface area (Å²) in [4.78, 5) is 16.2. The maximum atomic E-state index is 12.3. The van der Waals surface area contributed by atoms with Gasteiger partial charge in [-0.05, 0) is 52.9 Å². The number of hydrogen-bond donors (Lipinski definition) is 2. The van der Waals surface area contributed by atoms with Gasteiger partial charge in [-0.3, -0.25) is 9.89 Å². The maximum absolute atomic E-state index is 12.3. The van der Waals surface area contributed by atoms with Crippen LogP contribution in [0.15, 0.2) is 36.5 Å². The minimum absolute atomic E-state index is 0.299. The molecule has 0 aliphatic carbocycles. The molecule has 0 fully saturated rings. The summed E-state index contributed by atoms with van der Waals surface area (Å²) in [6, 6.07) is 10.8. The lowest BCUT2D eigenvalue weighted by Gasteiger charge is -2.02. The van der Waals surface area contributed by atoms with Crippen molar-refractivity contribution >= 4 is 45.1 Å². The number of nitrogens with one attached hydrogen (secondary N) is 2. The SMILES string of the molecule is N#Cc1ccc(NC(=O)c2n[nH]c3ccc(I)cc23)cn1. The molecule has 0 saturated carbocycles. The highest BCUT2D eigenvalue weighted by atomic mass is 127. The Morgan fingerprint density at radius 1 is 1.33 bits per heavy atom. The van der Waals surface area contributed by atoms with Crippen LogP contribution in [0.2, 0.25) is 0 Å². The largest absolute Gasteiger partial charge is 0.319 e. The highest BCUT2D eigenvalue weighted by molar-refractivity contribution is 14.1. The normalized spacial score (nSPS) is 10.3. The predicted octanol–water partition coefficient (Wildman–Crippen LogP) is 2.69. The van der Waals surface area contributed by atoms with Gasteiger partial charge in [-0.25, -0.2) is 4.98 Å². The summed E-state index contributed by atoms with van der Waals surface area (Å²) in [5.41, 5.74) is 1.94. The maximum Gasteiger partial charge on any atom is 0.276 e. The van der Waals surface area contributed by atoms with Crippen molar-refractivity contribution in [3.8, 4) is 6.07 Å². The number of aromatic amines is 1. The van der Waals surface area contributed by atoms with Crippen molar-refractivity contribution in [1.82, 2.24) is 15.2 Å². The fourth-order valence-electron chi connectivity index (χ4n) is 1.88. The van der Waals surface area contributed by atoms with E-state index in [4.69, 9.17) is 5.26 Å². The molecule has 0 bridgehead atoms. The monoisotopic (exact) mass is 389 g/mol. The molecule has 1 aromatic carbocycles. The predicted molar refractivity (Wildman–Crippen MR) is 85.7 cm³/mol. The number of carbonyl (C=O) groups is 1. The zero-order valence-corrected chi connectivity index (χ0v) is 12.7. The third-order valence-corrected chi connectivity index (χ3v) is 3.55. The molecule has 0 radical (unpaired) electrons. The van der Waals surface area contributed by atoms with Crippen LogP contribution in [-0.4, -0.2) is 21.1 Å². The van der Waals surface area contributed by atoms with Gasteiger partial charge in [0.25, 0.3) is 5.91 Å². The summed E-state index contributed by atoms with van der Waals surface area (Å²) in [6.45, 7) is 0. The Morgan fingerprint density at radius 2 is 2.19 bits per heavy atom. The molecule has 7 heteroatoms. The third-order valence-electron chi connectivity index (χ3n) is 2.88. The molecule has 2 N–H and O–H groups in total. The quantitative estimate of drug-likeness (QED) is 0.659. The number of carbonyl (C=O) groups excluding carboxylic acids is 1. The molecule has 0 spiro atoms. The Kier molecular flexibility index (Phi) is 3.53. The van der Waals surface area contributed by atoms with Crippen molar-refractivity contribution in [3.05, 3.63) is 51.5 Å². The molecule has 2 aromatic heterocycles. The zero-order valence-electron chi connectivity index (χ0n) is 10.6. The van der Waals surface area contributed by atoms with Gasteiger partial charge in [0, 0.05) is 8.96 Å². The molecule has 21 heavy (non-hydrogen) atoms. The van der Waals surface area contributed by atoms with Gasteiger partial charge in [0.2, 0.25) is 0 Å². The van der Waals surface area contributed by atoms with Crippen LogP contribution >= 0.6 is 22.6 Å². The Balaban J connectivity index is 1.90. The van der Waals surface area contributed by atoms with E-state index in [9.17, 15) is 4.79 Å². The zero-order chi connectivity index (χ0) is 14.8. The van der Waals surface area contributed by atoms with Crippen LogP contribution in [0.5, 0.6) is 0 Å². The molecule has 0 atom stereocenters. The van der Waals surface area contributed by atoms with Crippen LogP contribution in [0.3, 0.4) is 0 Å². The highest BCUT2D eigenvalue weighted by Gasteiger charge is 2.14. The van der Waals surface area contributed by atoms with Crippen molar-refractivity contribution < 1.29 is 4.79 Å². The number of halogens is 1. The highest BCUT2D eigenvalue weighted by Crippen LogP contribution is 2.20. The third kappa shape index (κ3) is 2.71. The second-order valence-corrected chi connectivity index (χ2v) is 5.51. The van der Waals surface area contributed by atoms with Gasteiger partial charge in [-0.1, -0.05) is 0 Å². The van der Waals surface area contributed by atoms with E-state index in [1.54, 1.807) is 12.1 Å². The van der Waals surface area contributed by atoms with Crippen molar-refractivity contribution in [2.75, 3.05) is 5.32 Å². The number of hydrogen-bond acceptors (Lipinski definition) is 4. The molecule has 102 valence electrons. The van der Waals surface area contributed by atoms with Crippen LogP contribution in [0.1, 0.15) is 16.2 Å². The van der Waals surface area contributed by atoms with Crippen molar-refractivity contribution in [3.63, 3.8) is 0 Å². The van der Waals surface area contributed by atoms with Gasteiger partial charge in [-0.15, -0.1) is 0 Å². The van der Waals surface area contributed by atoms with Crippen molar-refractivity contribution in [1.29, 1.82) is 5.26 Å². The summed E-state index contributed by atoms with van der Waals surface area (Å²) >= 11 is 2.18. The number of H-pyrrole nitrogens is 1. The first-order valence-corrected chi connectivity index (χ1v) is 7.06. The van der Waals surface area contributed by atoms with E-state index in [1.165, 1.54) is 6.20 Å². The number of anilines is 1. The number of amides is 1. The summed E-state index contributed by atoms with van der Waals surface area (Å²) in [5, 5.41) is 19.0. The summed E-state index contributed by atoms with van der Waals surface area (Å²) < 4.78 is 1.02. The van der Waals surface area contributed by atoms with E-state index in [2.05, 4.69) is 43.1 Å². The van der Waals surface area contributed by atoms with Gasteiger partial charge in [0.15, 0.2) is 5.69 Å². The van der Waals surface area contributed by atoms with Crippen molar-refractivity contribution in [2.45, 2.75) is 0 Å². The number of nitriles is 1. The second-order valence-electron chi connectivity index (χ2n) is 4.26. The van der Waals surface area contributed by atoms with E-state index < -0.39 is 0 Å². The minimum Gasteiger partial charge on any atom is -0.319 e. The van der Waals surface area contributed by atoms with E-state index in [0.29, 0.717) is 17.1 Å². The van der Waals surface area contributed by atoms with Crippen molar-refractivity contribution in [2.24, 2.45) is 0 Å². The standard InChI is InChI=1S/C14H8IN5O/c15-8-1-4-12-11(5-8)13(20-19-12)14(21)18-10-3-2-9(6-16)17-7-10/h1-5,7H,(H,18,21)(H,19,20). The molecule has 6 nitrogen and oxygen atoms in total. The summed E-state index contributed by atoms with van der Waals surface area (Å²) in [6.07, 6.45) is 1.44. The molecule has 2 heterocycles. The van der Waals surface area contributed by atoms with Crippen LogP contribution in [-0.2, 0) is 0 Å². The molecule has 1 amide bonds. The van der Waals surface area contributed by atoms with Crippen LogP contribution in [0.4, 0.5) is 5.69 Å². The van der Waals surface area contributed by atoms with Gasteiger partial charge < -0.3 is 5.32 Å². The molecular formula is C14H8IN5O.